The molecule has 0 radical (unpaired) electrons. The quantitative estimate of drug-likeness (QED) is 0.813. The van der Waals surface area contributed by atoms with Crippen LogP contribution in [-0.4, -0.2) is 41.8 Å². The lowest BCUT2D eigenvalue weighted by molar-refractivity contribution is -0.142. The number of esters is 1. The van der Waals surface area contributed by atoms with Gasteiger partial charge in [0.25, 0.3) is 0 Å². The molecule has 8 nitrogen and oxygen atoms in total. The van der Waals surface area contributed by atoms with Crippen LogP contribution in [0.5, 0.6) is 0 Å². The molecule has 0 spiro atoms. The number of carbonyl (C=O) groups is 2. The summed E-state index contributed by atoms with van der Waals surface area (Å²) in [4.78, 5) is 33.1. The van der Waals surface area contributed by atoms with Crippen molar-refractivity contribution < 1.29 is 19.1 Å². The number of carbonyl (C=O) groups excluding carboxylic acids is 2. The van der Waals surface area contributed by atoms with Crippen molar-refractivity contribution in [2.75, 3.05) is 30.4 Å². The molecule has 0 aromatic carbocycles. The number of hydrogen-bond acceptors (Lipinski definition) is 7. The highest BCUT2D eigenvalue weighted by molar-refractivity contribution is 5.90. The molecule has 0 fully saturated rings. The van der Waals surface area contributed by atoms with Crippen LogP contribution in [0.25, 0.3) is 0 Å². The van der Waals surface area contributed by atoms with Crippen molar-refractivity contribution in [2.24, 2.45) is 0 Å². The van der Waals surface area contributed by atoms with E-state index >= 15 is 0 Å². The molecule has 1 aliphatic rings. The first-order chi connectivity index (χ1) is 10.1. The molecule has 2 heterocycles. The Bertz CT molecular complexity index is 561. The van der Waals surface area contributed by atoms with Crippen LogP contribution in [0.2, 0.25) is 0 Å². The van der Waals surface area contributed by atoms with Gasteiger partial charge in [-0.3, -0.25) is 9.69 Å². The van der Waals surface area contributed by atoms with E-state index in [4.69, 9.17) is 15.2 Å². The lowest BCUT2D eigenvalue weighted by atomic mass is 10.2. The van der Waals surface area contributed by atoms with E-state index in [-0.39, 0.29) is 31.3 Å². The first-order valence-electron chi connectivity index (χ1n) is 6.82. The van der Waals surface area contributed by atoms with E-state index in [1.807, 2.05) is 0 Å². The van der Waals surface area contributed by atoms with Crippen molar-refractivity contribution in [1.82, 2.24) is 9.97 Å². The zero-order chi connectivity index (χ0) is 15.4. The summed E-state index contributed by atoms with van der Waals surface area (Å²) >= 11 is 0. The normalized spacial score (nSPS) is 13.0. The number of aromatic nitrogens is 2. The second kappa shape index (κ2) is 6.38. The second-order valence-corrected chi connectivity index (χ2v) is 4.41. The minimum Gasteiger partial charge on any atom is -0.466 e. The SMILES string of the molecule is CCOC(=O)Cc1nc(N)c2c(n1)N(C(=O)OCC)CC2. The highest BCUT2D eigenvalue weighted by atomic mass is 16.6. The summed E-state index contributed by atoms with van der Waals surface area (Å²) in [5.41, 5.74) is 6.58. The fourth-order valence-electron chi connectivity index (χ4n) is 2.13. The van der Waals surface area contributed by atoms with E-state index in [1.165, 1.54) is 4.90 Å². The molecule has 1 aromatic heterocycles. The van der Waals surface area contributed by atoms with Gasteiger partial charge < -0.3 is 15.2 Å². The Morgan fingerprint density at radius 2 is 1.95 bits per heavy atom. The number of nitrogens with two attached hydrogens (primary N) is 1. The van der Waals surface area contributed by atoms with Crippen molar-refractivity contribution >= 4 is 23.7 Å². The van der Waals surface area contributed by atoms with Crippen molar-refractivity contribution in [3.63, 3.8) is 0 Å². The summed E-state index contributed by atoms with van der Waals surface area (Å²) in [6, 6.07) is 0. The Hall–Kier alpha value is -2.38. The second-order valence-electron chi connectivity index (χ2n) is 4.41. The third-order valence-electron chi connectivity index (χ3n) is 3.00. The molecule has 1 aromatic rings. The molecule has 1 aliphatic heterocycles. The van der Waals surface area contributed by atoms with Gasteiger partial charge >= 0.3 is 12.1 Å². The molecular formula is C13H18N4O4. The van der Waals surface area contributed by atoms with Crippen molar-refractivity contribution in [3.8, 4) is 0 Å². The maximum Gasteiger partial charge on any atom is 0.415 e. The summed E-state index contributed by atoms with van der Waals surface area (Å²) in [7, 11) is 0. The maximum atomic E-state index is 11.9. The van der Waals surface area contributed by atoms with E-state index in [1.54, 1.807) is 13.8 Å². The third kappa shape index (κ3) is 3.21. The van der Waals surface area contributed by atoms with Crippen LogP contribution in [0, 0.1) is 0 Å². The fraction of sp³-hybridized carbons (Fsp3) is 0.538. The van der Waals surface area contributed by atoms with Gasteiger partial charge in [0, 0.05) is 12.1 Å². The van der Waals surface area contributed by atoms with Gasteiger partial charge in [-0.25, -0.2) is 14.8 Å². The molecule has 114 valence electrons. The average Bonchev–Trinajstić information content (AvgIpc) is 2.83. The van der Waals surface area contributed by atoms with Crippen LogP contribution < -0.4 is 10.6 Å². The summed E-state index contributed by atoms with van der Waals surface area (Å²) in [6.45, 7) is 4.46. The fourth-order valence-corrected chi connectivity index (χ4v) is 2.13. The average molecular weight is 294 g/mol. The van der Waals surface area contributed by atoms with E-state index in [0.29, 0.717) is 24.3 Å². The Balaban J connectivity index is 2.25. The summed E-state index contributed by atoms with van der Waals surface area (Å²) < 4.78 is 9.83. The molecule has 2 N–H and O–H groups in total. The highest BCUT2D eigenvalue weighted by Crippen LogP contribution is 2.30. The Morgan fingerprint density at radius 1 is 1.24 bits per heavy atom. The van der Waals surface area contributed by atoms with Gasteiger partial charge in [0.05, 0.1) is 13.2 Å². The number of hydrogen-bond donors (Lipinski definition) is 1. The lowest BCUT2D eigenvalue weighted by Gasteiger charge is -2.16. The maximum absolute atomic E-state index is 11.9. The smallest absolute Gasteiger partial charge is 0.415 e. The molecule has 0 unspecified atom stereocenters. The monoisotopic (exact) mass is 294 g/mol. The number of rotatable bonds is 4. The van der Waals surface area contributed by atoms with Gasteiger partial charge in [-0.1, -0.05) is 0 Å². The van der Waals surface area contributed by atoms with Gasteiger partial charge in [0.15, 0.2) is 0 Å². The Morgan fingerprint density at radius 3 is 2.62 bits per heavy atom. The summed E-state index contributed by atoms with van der Waals surface area (Å²) in [5.74, 6) is 0.504. The highest BCUT2D eigenvalue weighted by Gasteiger charge is 2.30. The minimum absolute atomic E-state index is 0.0814. The number of nitrogen functional groups attached to an aromatic ring is 1. The zero-order valence-electron chi connectivity index (χ0n) is 12.1. The van der Waals surface area contributed by atoms with E-state index in [0.717, 1.165) is 0 Å². The van der Waals surface area contributed by atoms with Gasteiger partial charge in [-0.15, -0.1) is 0 Å². The molecule has 2 rings (SSSR count). The Kier molecular flexibility index (Phi) is 4.56. The largest absolute Gasteiger partial charge is 0.466 e. The summed E-state index contributed by atoms with van der Waals surface area (Å²) in [5, 5.41) is 0. The molecular weight excluding hydrogens is 276 g/mol. The van der Waals surface area contributed by atoms with Gasteiger partial charge in [0.1, 0.15) is 23.9 Å². The molecule has 21 heavy (non-hydrogen) atoms. The molecule has 8 heteroatoms. The van der Waals surface area contributed by atoms with Crippen LogP contribution in [0.4, 0.5) is 16.4 Å². The molecule has 0 saturated carbocycles. The van der Waals surface area contributed by atoms with Crippen molar-refractivity contribution in [1.29, 1.82) is 0 Å². The molecule has 0 bridgehead atoms. The van der Waals surface area contributed by atoms with Gasteiger partial charge in [-0.05, 0) is 20.3 Å². The van der Waals surface area contributed by atoms with Crippen molar-refractivity contribution in [3.05, 3.63) is 11.4 Å². The topological polar surface area (TPSA) is 108 Å². The number of fused-ring (bicyclic) bond motifs is 1. The van der Waals surface area contributed by atoms with Crippen LogP contribution in [-0.2, 0) is 27.1 Å². The zero-order valence-corrected chi connectivity index (χ0v) is 12.1. The predicted molar refractivity (Wildman–Crippen MR) is 74.9 cm³/mol. The first-order valence-corrected chi connectivity index (χ1v) is 6.82. The van der Waals surface area contributed by atoms with Crippen LogP contribution in [0.3, 0.4) is 0 Å². The standard InChI is InChI=1S/C13H18N4O4/c1-3-20-10(18)7-9-15-11(14)8-5-6-17(12(8)16-9)13(19)21-4-2/h3-7H2,1-2H3,(H2,14,15,16). The minimum atomic E-state index is -0.476. The van der Waals surface area contributed by atoms with E-state index < -0.39 is 12.1 Å². The van der Waals surface area contributed by atoms with Crippen molar-refractivity contribution in [2.45, 2.75) is 26.7 Å². The van der Waals surface area contributed by atoms with Crippen LogP contribution >= 0.6 is 0 Å². The Labute approximate surface area is 122 Å². The molecule has 0 atom stereocenters. The number of amides is 1. The lowest BCUT2D eigenvalue weighted by Crippen LogP contribution is -2.30. The van der Waals surface area contributed by atoms with Gasteiger partial charge in [0.2, 0.25) is 0 Å². The molecule has 1 amide bonds. The molecule has 0 aliphatic carbocycles. The van der Waals surface area contributed by atoms with Gasteiger partial charge in [-0.2, -0.15) is 0 Å². The van der Waals surface area contributed by atoms with E-state index in [9.17, 15) is 9.59 Å². The third-order valence-corrected chi connectivity index (χ3v) is 3.00. The number of anilines is 2. The number of ether oxygens (including phenoxy) is 2. The number of nitrogens with zero attached hydrogens (tertiary/aromatic N) is 3. The van der Waals surface area contributed by atoms with Crippen LogP contribution in [0.15, 0.2) is 0 Å². The van der Waals surface area contributed by atoms with Crippen LogP contribution in [0.1, 0.15) is 25.2 Å². The van der Waals surface area contributed by atoms with E-state index in [2.05, 4.69) is 9.97 Å². The predicted octanol–water partition coefficient (Wildman–Crippen LogP) is 0.683. The first kappa shape index (κ1) is 15.0. The summed E-state index contributed by atoms with van der Waals surface area (Å²) in [6.07, 6.45) is 0.0122. The molecule has 0 saturated heterocycles.